The summed E-state index contributed by atoms with van der Waals surface area (Å²) in [6, 6.07) is 5.00. The molecule has 1 unspecified atom stereocenters. The highest BCUT2D eigenvalue weighted by Gasteiger charge is 2.23. The lowest BCUT2D eigenvalue weighted by Crippen LogP contribution is -2.55. The van der Waals surface area contributed by atoms with Crippen molar-refractivity contribution in [2.24, 2.45) is 11.7 Å². The Balaban J connectivity index is 2.60. The van der Waals surface area contributed by atoms with Crippen LogP contribution in [0.5, 0.6) is 0 Å². The van der Waals surface area contributed by atoms with Gasteiger partial charge in [0.1, 0.15) is 6.04 Å². The number of primary amides is 1. The molecule has 0 radical (unpaired) electrons. The van der Waals surface area contributed by atoms with Gasteiger partial charge in [0.05, 0.1) is 0 Å². The number of carbonyl (C=O) groups excluding carboxylic acids is 3. The number of benzene rings is 1. The van der Waals surface area contributed by atoms with Gasteiger partial charge in [0.25, 0.3) is 11.8 Å². The lowest BCUT2D eigenvalue weighted by molar-refractivity contribution is -0.124. The molecule has 5 N–H and O–H groups in total. The minimum Gasteiger partial charge on any atom is -0.352 e. The maximum atomic E-state index is 11.9. The molecule has 0 heterocycles. The lowest BCUT2D eigenvalue weighted by atomic mass is 10.0. The van der Waals surface area contributed by atoms with Crippen molar-refractivity contribution in [1.82, 2.24) is 16.2 Å². The number of hydrazine groups is 1. The Kier molecular flexibility index (Phi) is 6.16. The third-order valence-corrected chi connectivity index (χ3v) is 3.18. The number of halogens is 1. The molecule has 1 atom stereocenters. The summed E-state index contributed by atoms with van der Waals surface area (Å²) in [5, 5.41) is 2.32. The molecule has 8 heteroatoms. The van der Waals surface area contributed by atoms with Crippen molar-refractivity contribution in [3.63, 3.8) is 0 Å². The Hall–Kier alpha value is -2.09. The maximum Gasteiger partial charge on any atom is 0.312 e. The number of rotatable bonds is 4. The van der Waals surface area contributed by atoms with Crippen molar-refractivity contribution in [1.29, 1.82) is 0 Å². The van der Waals surface area contributed by atoms with Crippen molar-refractivity contribution in [2.75, 3.05) is 0 Å². The molecule has 1 aromatic carbocycles. The number of hydrogen-bond acceptors (Lipinski definition) is 3. The van der Waals surface area contributed by atoms with Crippen molar-refractivity contribution in [3.05, 3.63) is 34.3 Å². The highest BCUT2D eigenvalue weighted by atomic mass is 79.9. The van der Waals surface area contributed by atoms with Crippen molar-refractivity contribution in [3.8, 4) is 0 Å². The quantitative estimate of drug-likeness (QED) is 0.601. The zero-order valence-corrected chi connectivity index (χ0v) is 13.2. The van der Waals surface area contributed by atoms with E-state index >= 15 is 0 Å². The van der Waals surface area contributed by atoms with E-state index < -0.39 is 23.9 Å². The van der Waals surface area contributed by atoms with Crippen molar-refractivity contribution in [2.45, 2.75) is 19.9 Å². The molecule has 114 valence electrons. The van der Waals surface area contributed by atoms with E-state index in [1.807, 2.05) is 0 Å². The molecule has 0 aliphatic carbocycles. The zero-order valence-electron chi connectivity index (χ0n) is 11.6. The van der Waals surface area contributed by atoms with Crippen LogP contribution in [0.1, 0.15) is 24.2 Å². The standard InChI is InChI=1S/C13H17BrN4O3/c1-7(2)10(16-13(15)21)12(20)18-17-11(19)8-3-5-9(14)6-4-8/h3-7,10H,1-2H3,(H,17,19)(H,18,20)(H3,15,16,21). The van der Waals surface area contributed by atoms with Crippen molar-refractivity contribution >= 4 is 33.8 Å². The molecular formula is C13H17BrN4O3. The number of hydrogen-bond donors (Lipinski definition) is 4. The smallest absolute Gasteiger partial charge is 0.312 e. The lowest BCUT2D eigenvalue weighted by Gasteiger charge is -2.20. The molecular weight excluding hydrogens is 340 g/mol. The Morgan fingerprint density at radius 3 is 2.14 bits per heavy atom. The Bertz CT molecular complexity index is 531. The molecule has 21 heavy (non-hydrogen) atoms. The Labute approximate surface area is 130 Å². The normalized spacial score (nSPS) is 11.6. The molecule has 1 rings (SSSR count). The van der Waals surface area contributed by atoms with Crippen LogP contribution in [-0.2, 0) is 4.79 Å². The summed E-state index contributed by atoms with van der Waals surface area (Å²) in [7, 11) is 0. The third-order valence-electron chi connectivity index (χ3n) is 2.65. The summed E-state index contributed by atoms with van der Waals surface area (Å²) < 4.78 is 0.841. The zero-order chi connectivity index (χ0) is 16.0. The van der Waals surface area contributed by atoms with E-state index in [1.165, 1.54) is 0 Å². The molecule has 7 nitrogen and oxygen atoms in total. The van der Waals surface area contributed by atoms with Gasteiger partial charge in [0.2, 0.25) is 0 Å². The molecule has 0 bridgehead atoms. The van der Waals surface area contributed by atoms with Crippen LogP contribution in [0.25, 0.3) is 0 Å². The summed E-state index contributed by atoms with van der Waals surface area (Å²) in [5.41, 5.74) is 9.94. The molecule has 4 amide bonds. The monoisotopic (exact) mass is 356 g/mol. The van der Waals surface area contributed by atoms with Crippen LogP contribution in [0, 0.1) is 5.92 Å². The maximum absolute atomic E-state index is 11.9. The summed E-state index contributed by atoms with van der Waals surface area (Å²) in [6.45, 7) is 3.49. The largest absolute Gasteiger partial charge is 0.352 e. The molecule has 0 spiro atoms. The third kappa shape index (κ3) is 5.42. The summed E-state index contributed by atoms with van der Waals surface area (Å²) in [5.74, 6) is -1.19. The first-order valence-electron chi connectivity index (χ1n) is 6.23. The summed E-state index contributed by atoms with van der Waals surface area (Å²) >= 11 is 3.26. The minimum atomic E-state index is -0.826. The Morgan fingerprint density at radius 2 is 1.67 bits per heavy atom. The minimum absolute atomic E-state index is 0.179. The number of nitrogens with one attached hydrogen (secondary N) is 3. The number of carbonyl (C=O) groups is 3. The van der Waals surface area contributed by atoms with Crippen LogP contribution in [0.3, 0.4) is 0 Å². The number of urea groups is 1. The molecule has 0 saturated heterocycles. The summed E-state index contributed by atoms with van der Waals surface area (Å²) in [4.78, 5) is 34.6. The van der Waals surface area contributed by atoms with Gasteiger partial charge in [-0.25, -0.2) is 4.79 Å². The van der Waals surface area contributed by atoms with Gasteiger partial charge >= 0.3 is 6.03 Å². The highest BCUT2D eigenvalue weighted by molar-refractivity contribution is 9.10. The molecule has 0 fully saturated rings. The van der Waals surface area contributed by atoms with E-state index in [-0.39, 0.29) is 5.92 Å². The predicted octanol–water partition coefficient (Wildman–Crippen LogP) is 0.903. The molecule has 0 aliphatic heterocycles. The van der Waals surface area contributed by atoms with Crippen LogP contribution in [0.2, 0.25) is 0 Å². The van der Waals surface area contributed by atoms with E-state index in [1.54, 1.807) is 38.1 Å². The molecule has 1 aromatic rings. The SMILES string of the molecule is CC(C)C(NC(N)=O)C(=O)NNC(=O)c1ccc(Br)cc1. The first-order chi connectivity index (χ1) is 9.81. The van der Waals surface area contributed by atoms with Crippen LogP contribution < -0.4 is 21.9 Å². The first kappa shape index (κ1) is 17.0. The second kappa shape index (κ2) is 7.63. The van der Waals surface area contributed by atoms with Gasteiger partial charge in [-0.05, 0) is 30.2 Å². The second-order valence-corrected chi connectivity index (χ2v) is 5.60. The van der Waals surface area contributed by atoms with E-state index in [0.29, 0.717) is 5.56 Å². The van der Waals surface area contributed by atoms with E-state index in [4.69, 9.17) is 5.73 Å². The fourth-order valence-corrected chi connectivity index (χ4v) is 1.82. The first-order valence-corrected chi connectivity index (χ1v) is 7.02. The van der Waals surface area contributed by atoms with Gasteiger partial charge in [0.15, 0.2) is 0 Å². The molecule has 0 aliphatic rings. The summed E-state index contributed by atoms with van der Waals surface area (Å²) in [6.07, 6.45) is 0. The molecule has 0 saturated carbocycles. The second-order valence-electron chi connectivity index (χ2n) is 4.68. The Morgan fingerprint density at radius 1 is 1.10 bits per heavy atom. The number of amides is 4. The van der Waals surface area contributed by atoms with Gasteiger partial charge in [-0.15, -0.1) is 0 Å². The van der Waals surface area contributed by atoms with E-state index in [0.717, 1.165) is 4.47 Å². The fourth-order valence-electron chi connectivity index (χ4n) is 1.56. The van der Waals surface area contributed by atoms with Crippen molar-refractivity contribution < 1.29 is 14.4 Å². The van der Waals surface area contributed by atoms with Crippen LogP contribution in [-0.4, -0.2) is 23.9 Å². The van der Waals surface area contributed by atoms with Crippen LogP contribution in [0.15, 0.2) is 28.7 Å². The van der Waals surface area contributed by atoms with Gasteiger partial charge in [-0.2, -0.15) is 0 Å². The topological polar surface area (TPSA) is 113 Å². The predicted molar refractivity (Wildman–Crippen MR) is 81.1 cm³/mol. The highest BCUT2D eigenvalue weighted by Crippen LogP contribution is 2.10. The van der Waals surface area contributed by atoms with Gasteiger partial charge in [-0.3, -0.25) is 20.4 Å². The van der Waals surface area contributed by atoms with E-state index in [2.05, 4.69) is 32.1 Å². The van der Waals surface area contributed by atoms with Crippen LogP contribution >= 0.6 is 15.9 Å². The number of nitrogens with two attached hydrogens (primary N) is 1. The molecule has 0 aromatic heterocycles. The van der Waals surface area contributed by atoms with Gasteiger partial charge < -0.3 is 11.1 Å². The van der Waals surface area contributed by atoms with Gasteiger partial charge in [-0.1, -0.05) is 29.8 Å². The van der Waals surface area contributed by atoms with Gasteiger partial charge in [0, 0.05) is 10.0 Å². The fraction of sp³-hybridized carbons (Fsp3) is 0.308. The average molecular weight is 357 g/mol. The van der Waals surface area contributed by atoms with Crippen LogP contribution in [0.4, 0.5) is 4.79 Å². The average Bonchev–Trinajstić information content (AvgIpc) is 2.42. The van der Waals surface area contributed by atoms with E-state index in [9.17, 15) is 14.4 Å².